The maximum Gasteiger partial charge on any atom is 0.328 e. The Bertz CT molecular complexity index is 749. The summed E-state index contributed by atoms with van der Waals surface area (Å²) < 4.78 is 6.88. The van der Waals surface area contributed by atoms with Gasteiger partial charge in [0.15, 0.2) is 0 Å². The van der Waals surface area contributed by atoms with Crippen LogP contribution in [-0.2, 0) is 6.61 Å². The average Bonchev–Trinajstić information content (AvgIpc) is 3.01. The Hall–Kier alpha value is -2.58. The van der Waals surface area contributed by atoms with Crippen molar-refractivity contribution in [1.82, 2.24) is 29.7 Å². The fourth-order valence-electron chi connectivity index (χ4n) is 1.61. The first kappa shape index (κ1) is 13.4. The molecule has 2 aromatic heterocycles. The Kier molecular flexibility index (Phi) is 3.71. The molecule has 0 aliphatic heterocycles. The summed E-state index contributed by atoms with van der Waals surface area (Å²) in [4.78, 5) is 15.7. The van der Waals surface area contributed by atoms with Gasteiger partial charge in [-0.3, -0.25) is 0 Å². The van der Waals surface area contributed by atoms with Crippen LogP contribution in [0, 0.1) is 0 Å². The average molecular weight is 305 g/mol. The monoisotopic (exact) mass is 304 g/mol. The van der Waals surface area contributed by atoms with Gasteiger partial charge in [-0.15, -0.1) is 0 Å². The Labute approximate surface area is 124 Å². The molecule has 0 bridgehead atoms. The van der Waals surface area contributed by atoms with E-state index in [4.69, 9.17) is 16.3 Å². The van der Waals surface area contributed by atoms with Crippen molar-refractivity contribution in [3.05, 3.63) is 47.8 Å². The molecule has 0 unspecified atom stereocenters. The highest BCUT2D eigenvalue weighted by atomic mass is 35.5. The van der Waals surface area contributed by atoms with E-state index in [9.17, 15) is 5.11 Å². The second-order valence-corrected chi connectivity index (χ2v) is 4.23. The van der Waals surface area contributed by atoms with Gasteiger partial charge < -0.3 is 9.84 Å². The molecular formula is C12H9ClN6O2. The second kappa shape index (κ2) is 5.81. The number of hydrogen-bond acceptors (Lipinski definition) is 7. The minimum Gasteiger partial charge on any atom is -0.424 e. The summed E-state index contributed by atoms with van der Waals surface area (Å²) in [7, 11) is 0. The summed E-state index contributed by atoms with van der Waals surface area (Å²) in [6.45, 7) is -0.162. The number of rotatable bonds is 4. The number of halogens is 1. The van der Waals surface area contributed by atoms with Crippen molar-refractivity contribution in [1.29, 1.82) is 0 Å². The molecule has 8 nitrogen and oxygen atoms in total. The highest BCUT2D eigenvalue weighted by Crippen LogP contribution is 2.23. The summed E-state index contributed by atoms with van der Waals surface area (Å²) in [6, 6.07) is 6.99. The van der Waals surface area contributed by atoms with Crippen molar-refractivity contribution in [3.63, 3.8) is 0 Å². The van der Waals surface area contributed by atoms with Gasteiger partial charge >= 0.3 is 6.01 Å². The third-order valence-corrected chi connectivity index (χ3v) is 2.71. The van der Waals surface area contributed by atoms with Crippen molar-refractivity contribution in [2.45, 2.75) is 6.61 Å². The van der Waals surface area contributed by atoms with Gasteiger partial charge in [-0.2, -0.15) is 24.7 Å². The van der Waals surface area contributed by atoms with Gasteiger partial charge in [-0.1, -0.05) is 18.2 Å². The Balaban J connectivity index is 1.96. The number of aromatic nitrogens is 6. The molecule has 9 heteroatoms. The molecule has 21 heavy (non-hydrogen) atoms. The zero-order valence-electron chi connectivity index (χ0n) is 10.6. The molecule has 3 rings (SSSR count). The lowest BCUT2D eigenvalue weighted by atomic mass is 10.2. The van der Waals surface area contributed by atoms with E-state index in [1.54, 1.807) is 24.3 Å². The molecule has 1 aromatic carbocycles. The first-order chi connectivity index (χ1) is 10.3. The smallest absolute Gasteiger partial charge is 0.328 e. The van der Waals surface area contributed by atoms with Crippen LogP contribution in [0.4, 0.5) is 0 Å². The zero-order valence-corrected chi connectivity index (χ0v) is 11.3. The maximum atomic E-state index is 9.27. The predicted molar refractivity (Wildman–Crippen MR) is 72.2 cm³/mol. The molecule has 1 N–H and O–H groups in total. The van der Waals surface area contributed by atoms with Crippen LogP contribution in [0.25, 0.3) is 5.95 Å². The molecule has 0 spiro atoms. The van der Waals surface area contributed by atoms with Gasteiger partial charge in [0.2, 0.25) is 5.28 Å². The van der Waals surface area contributed by atoms with E-state index in [0.717, 1.165) is 0 Å². The van der Waals surface area contributed by atoms with Crippen LogP contribution in [0.1, 0.15) is 5.56 Å². The van der Waals surface area contributed by atoms with Gasteiger partial charge in [-0.25, -0.2) is 4.98 Å². The molecule has 0 fully saturated rings. The number of para-hydroxylation sites is 1. The fourth-order valence-corrected chi connectivity index (χ4v) is 1.76. The van der Waals surface area contributed by atoms with Crippen LogP contribution in [-0.4, -0.2) is 34.8 Å². The van der Waals surface area contributed by atoms with E-state index < -0.39 is 0 Å². The number of benzene rings is 1. The summed E-state index contributed by atoms with van der Waals surface area (Å²) in [5.74, 6) is 0.621. The highest BCUT2D eigenvalue weighted by molar-refractivity contribution is 6.28. The molecule has 0 saturated heterocycles. The third kappa shape index (κ3) is 2.96. The Morgan fingerprint density at radius 3 is 2.81 bits per heavy atom. The zero-order chi connectivity index (χ0) is 14.7. The second-order valence-electron chi connectivity index (χ2n) is 3.89. The van der Waals surface area contributed by atoms with Gasteiger partial charge in [0, 0.05) is 5.56 Å². The first-order valence-corrected chi connectivity index (χ1v) is 6.27. The van der Waals surface area contributed by atoms with Gasteiger partial charge in [0.05, 0.1) is 6.61 Å². The number of aliphatic hydroxyl groups excluding tert-OH is 1. The lowest BCUT2D eigenvalue weighted by Gasteiger charge is -2.08. The van der Waals surface area contributed by atoms with Crippen molar-refractivity contribution < 1.29 is 9.84 Å². The standard InChI is InChI=1S/C12H9ClN6O2/c13-10-16-11(19-7-14-6-15-19)18-12(17-10)21-9-4-2-1-3-8(9)5-20/h1-4,6-7,20H,5H2. The van der Waals surface area contributed by atoms with Crippen molar-refractivity contribution in [3.8, 4) is 17.7 Å². The maximum absolute atomic E-state index is 9.27. The third-order valence-electron chi connectivity index (χ3n) is 2.54. The van der Waals surface area contributed by atoms with Crippen LogP contribution in [0.5, 0.6) is 11.8 Å². The highest BCUT2D eigenvalue weighted by Gasteiger charge is 2.11. The van der Waals surface area contributed by atoms with Gasteiger partial charge in [0.1, 0.15) is 18.4 Å². The van der Waals surface area contributed by atoms with Crippen molar-refractivity contribution >= 4 is 11.6 Å². The molecule has 0 amide bonds. The van der Waals surface area contributed by atoms with Crippen LogP contribution >= 0.6 is 11.6 Å². The van der Waals surface area contributed by atoms with Crippen LogP contribution in [0.15, 0.2) is 36.9 Å². The number of ether oxygens (including phenoxy) is 1. The SMILES string of the molecule is OCc1ccccc1Oc1nc(Cl)nc(-n2cncn2)n1. The summed E-state index contributed by atoms with van der Waals surface area (Å²) in [5, 5.41) is 13.1. The lowest BCUT2D eigenvalue weighted by Crippen LogP contribution is -2.05. The van der Waals surface area contributed by atoms with Crippen LogP contribution in [0.2, 0.25) is 5.28 Å². The molecule has 0 atom stereocenters. The van der Waals surface area contributed by atoms with E-state index in [1.807, 2.05) is 0 Å². The normalized spacial score (nSPS) is 10.6. The largest absolute Gasteiger partial charge is 0.424 e. The van der Waals surface area contributed by atoms with Gasteiger partial charge in [0.25, 0.3) is 5.95 Å². The molecule has 2 heterocycles. The number of hydrogen-bond donors (Lipinski definition) is 1. The van der Waals surface area contributed by atoms with E-state index in [0.29, 0.717) is 11.3 Å². The fraction of sp³-hybridized carbons (Fsp3) is 0.0833. The van der Waals surface area contributed by atoms with Crippen molar-refractivity contribution in [2.75, 3.05) is 0 Å². The number of nitrogens with zero attached hydrogens (tertiary/aromatic N) is 6. The van der Waals surface area contributed by atoms with Crippen LogP contribution < -0.4 is 4.74 Å². The molecule has 0 radical (unpaired) electrons. The minimum atomic E-state index is -0.162. The molecular weight excluding hydrogens is 296 g/mol. The van der Waals surface area contributed by atoms with E-state index >= 15 is 0 Å². The quantitative estimate of drug-likeness (QED) is 0.777. The molecule has 0 saturated carbocycles. The Morgan fingerprint density at radius 1 is 1.19 bits per heavy atom. The summed E-state index contributed by atoms with van der Waals surface area (Å²) in [6.07, 6.45) is 2.77. The van der Waals surface area contributed by atoms with Crippen LogP contribution in [0.3, 0.4) is 0 Å². The minimum absolute atomic E-state index is 0.00130. The summed E-state index contributed by atoms with van der Waals surface area (Å²) >= 11 is 5.85. The van der Waals surface area contributed by atoms with E-state index in [1.165, 1.54) is 17.3 Å². The van der Waals surface area contributed by atoms with E-state index in [-0.39, 0.29) is 23.8 Å². The number of aliphatic hydroxyl groups is 1. The van der Waals surface area contributed by atoms with E-state index in [2.05, 4.69) is 25.0 Å². The van der Waals surface area contributed by atoms with Crippen molar-refractivity contribution in [2.24, 2.45) is 0 Å². The predicted octanol–water partition coefficient (Wildman–Crippen LogP) is 1.39. The molecule has 3 aromatic rings. The lowest BCUT2D eigenvalue weighted by molar-refractivity contribution is 0.275. The first-order valence-electron chi connectivity index (χ1n) is 5.89. The molecule has 0 aliphatic carbocycles. The molecule has 106 valence electrons. The summed E-state index contributed by atoms with van der Waals surface area (Å²) in [5.41, 5.74) is 0.608. The Morgan fingerprint density at radius 2 is 2.05 bits per heavy atom. The topological polar surface area (TPSA) is 98.8 Å². The van der Waals surface area contributed by atoms with Gasteiger partial charge in [-0.05, 0) is 17.7 Å². The molecule has 0 aliphatic rings.